The molecule has 0 spiro atoms. The van der Waals surface area contributed by atoms with Gasteiger partial charge in [-0.3, -0.25) is 0 Å². The van der Waals surface area contributed by atoms with Crippen LogP contribution in [0.15, 0.2) is 48.6 Å². The zero-order valence-corrected chi connectivity index (χ0v) is 19.6. The topological polar surface area (TPSA) is 35.5 Å². The van der Waals surface area contributed by atoms with Gasteiger partial charge < -0.3 is 9.16 Å². The third kappa shape index (κ3) is 11.1. The lowest BCUT2D eigenvalue weighted by atomic mass is 9.99. The van der Waals surface area contributed by atoms with Crippen LogP contribution in [0.3, 0.4) is 0 Å². The molecule has 0 rings (SSSR count). The van der Waals surface area contributed by atoms with E-state index in [2.05, 4.69) is 59.0 Å². The molecule has 0 aliphatic carbocycles. The van der Waals surface area contributed by atoms with E-state index >= 15 is 0 Å². The second-order valence-corrected chi connectivity index (χ2v) is 13.1. The van der Waals surface area contributed by atoms with E-state index in [9.17, 15) is 4.79 Å². The van der Waals surface area contributed by atoms with Crippen molar-refractivity contribution in [3.63, 3.8) is 0 Å². The summed E-state index contributed by atoms with van der Waals surface area (Å²) < 4.78 is 11.6. The van der Waals surface area contributed by atoms with Gasteiger partial charge in [0, 0.05) is 6.08 Å². The smallest absolute Gasteiger partial charge is 0.330 e. The highest BCUT2D eigenvalue weighted by molar-refractivity contribution is 6.74. The lowest BCUT2D eigenvalue weighted by Gasteiger charge is -2.40. The average molecular weight is 393 g/mol. The summed E-state index contributed by atoms with van der Waals surface area (Å²) in [7, 11) is -1.85. The Morgan fingerprint density at radius 2 is 1.78 bits per heavy atom. The number of rotatable bonds is 11. The van der Waals surface area contributed by atoms with Crippen LogP contribution in [0.4, 0.5) is 0 Å². The van der Waals surface area contributed by atoms with Gasteiger partial charge in [-0.15, -0.1) is 0 Å². The Kier molecular flexibility index (Phi) is 12.2. The normalized spacial score (nSPS) is 16.0. The van der Waals surface area contributed by atoms with Crippen LogP contribution < -0.4 is 0 Å². The van der Waals surface area contributed by atoms with Gasteiger partial charge in [0.25, 0.3) is 0 Å². The number of hydrogen-bond donors (Lipinski definition) is 0. The Balaban J connectivity index is 5.06. The van der Waals surface area contributed by atoms with Gasteiger partial charge in [-0.05, 0) is 50.7 Å². The minimum absolute atomic E-state index is 0.161. The van der Waals surface area contributed by atoms with Crippen LogP contribution in [0.25, 0.3) is 0 Å². The van der Waals surface area contributed by atoms with Crippen molar-refractivity contribution in [3.05, 3.63) is 48.6 Å². The minimum atomic E-state index is -1.85. The maximum Gasteiger partial charge on any atom is 0.330 e. The highest BCUT2D eigenvalue weighted by atomic mass is 28.4. The highest BCUT2D eigenvalue weighted by Gasteiger charge is 2.39. The number of ether oxygens (including phenoxy) is 1. The van der Waals surface area contributed by atoms with Crippen LogP contribution >= 0.6 is 0 Å². The number of carbonyl (C=O) groups is 1. The zero-order chi connectivity index (χ0) is 20.9. The summed E-state index contributed by atoms with van der Waals surface area (Å²) in [6, 6.07) is 0. The Labute approximate surface area is 168 Å². The summed E-state index contributed by atoms with van der Waals surface area (Å²) in [6.07, 6.45) is 17.7. The summed E-state index contributed by atoms with van der Waals surface area (Å²) in [4.78, 5) is 11.4. The van der Waals surface area contributed by atoms with Crippen LogP contribution in [0.5, 0.6) is 0 Å². The third-order valence-electron chi connectivity index (χ3n) is 4.94. The Bertz CT molecular complexity index is 536. The SMILES string of the molecule is C/C=C/C=C/CC[C@H](O[Si](C)(C)C(C)(C)C)[C@H](C)/C=C/C=C/C(=O)OCC. The highest BCUT2D eigenvalue weighted by Crippen LogP contribution is 2.38. The molecule has 2 atom stereocenters. The second-order valence-electron chi connectivity index (χ2n) is 8.30. The summed E-state index contributed by atoms with van der Waals surface area (Å²) in [5.41, 5.74) is 0. The van der Waals surface area contributed by atoms with Crippen LogP contribution in [0.2, 0.25) is 18.1 Å². The summed E-state index contributed by atoms with van der Waals surface area (Å²) >= 11 is 0. The molecule has 4 heteroatoms. The first-order valence-corrected chi connectivity index (χ1v) is 12.9. The standard InChI is InChI=1S/C23H40O3Si/c1-9-11-12-13-14-18-21(26-27(7,8)23(4,5)6)20(3)17-15-16-19-22(24)25-10-2/h9,11-13,15-17,19-21H,10,14,18H2,1-8H3/b11-9+,13-12+,17-15+,19-16+/t20-,21+/m1/s1. The predicted octanol–water partition coefficient (Wildman–Crippen LogP) is 6.60. The van der Waals surface area contributed by atoms with Gasteiger partial charge in [-0.25, -0.2) is 4.79 Å². The monoisotopic (exact) mass is 392 g/mol. The lowest BCUT2D eigenvalue weighted by molar-refractivity contribution is -0.137. The molecule has 0 N–H and O–H groups in total. The first kappa shape index (κ1) is 25.6. The number of allylic oxidation sites excluding steroid dienone is 6. The molecule has 154 valence electrons. The van der Waals surface area contributed by atoms with Gasteiger partial charge in [0.15, 0.2) is 8.32 Å². The molecule has 0 heterocycles. The summed E-state index contributed by atoms with van der Waals surface area (Å²) in [6.45, 7) is 17.8. The van der Waals surface area contributed by atoms with Gasteiger partial charge >= 0.3 is 5.97 Å². The first-order chi connectivity index (χ1) is 12.5. The second kappa shape index (κ2) is 12.9. The lowest BCUT2D eigenvalue weighted by Crippen LogP contribution is -2.45. The van der Waals surface area contributed by atoms with Gasteiger partial charge in [-0.2, -0.15) is 0 Å². The van der Waals surface area contributed by atoms with E-state index in [0.29, 0.717) is 6.61 Å². The van der Waals surface area contributed by atoms with Crippen molar-refractivity contribution in [2.45, 2.75) is 78.6 Å². The predicted molar refractivity (Wildman–Crippen MR) is 119 cm³/mol. The Morgan fingerprint density at radius 3 is 2.33 bits per heavy atom. The maximum absolute atomic E-state index is 11.4. The first-order valence-electron chi connectivity index (χ1n) is 10.0. The van der Waals surface area contributed by atoms with E-state index in [0.717, 1.165) is 12.8 Å². The molecular formula is C23H40O3Si. The molecule has 0 aliphatic rings. The van der Waals surface area contributed by atoms with Crippen molar-refractivity contribution >= 4 is 14.3 Å². The maximum atomic E-state index is 11.4. The molecule has 3 nitrogen and oxygen atoms in total. The van der Waals surface area contributed by atoms with Gasteiger partial charge in [-0.1, -0.05) is 70.2 Å². The van der Waals surface area contributed by atoms with Crippen molar-refractivity contribution in [1.82, 2.24) is 0 Å². The average Bonchev–Trinajstić information content (AvgIpc) is 2.56. The van der Waals surface area contributed by atoms with Gasteiger partial charge in [0.2, 0.25) is 0 Å². The number of carbonyl (C=O) groups excluding carboxylic acids is 1. The van der Waals surface area contributed by atoms with Crippen molar-refractivity contribution in [1.29, 1.82) is 0 Å². The molecule has 0 saturated carbocycles. The van der Waals surface area contributed by atoms with Crippen LogP contribution in [-0.4, -0.2) is 27.0 Å². The Hall–Kier alpha value is -1.39. The van der Waals surface area contributed by atoms with Crippen molar-refractivity contribution in [2.24, 2.45) is 5.92 Å². The molecule has 0 aromatic heterocycles. The van der Waals surface area contributed by atoms with Crippen molar-refractivity contribution in [3.8, 4) is 0 Å². The molecule has 0 radical (unpaired) electrons. The van der Waals surface area contributed by atoms with Crippen LogP contribution in [0, 0.1) is 5.92 Å². The van der Waals surface area contributed by atoms with Gasteiger partial charge in [0.1, 0.15) is 0 Å². The molecule has 0 bridgehead atoms. The summed E-state index contributed by atoms with van der Waals surface area (Å²) in [5, 5.41) is 0.180. The van der Waals surface area contributed by atoms with E-state index in [1.807, 2.05) is 25.2 Å². The molecule has 27 heavy (non-hydrogen) atoms. The fourth-order valence-corrected chi connectivity index (χ4v) is 3.66. The summed E-state index contributed by atoms with van der Waals surface area (Å²) in [5.74, 6) is -0.0425. The van der Waals surface area contributed by atoms with E-state index < -0.39 is 8.32 Å². The fourth-order valence-electron chi connectivity index (χ4n) is 2.22. The van der Waals surface area contributed by atoms with Crippen molar-refractivity contribution in [2.75, 3.05) is 6.61 Å². The van der Waals surface area contributed by atoms with Crippen LogP contribution in [0.1, 0.15) is 54.4 Å². The minimum Gasteiger partial charge on any atom is -0.463 e. The van der Waals surface area contributed by atoms with Crippen molar-refractivity contribution < 1.29 is 14.0 Å². The Morgan fingerprint density at radius 1 is 1.11 bits per heavy atom. The molecule has 0 aromatic rings. The molecule has 0 amide bonds. The van der Waals surface area contributed by atoms with E-state index in [-0.39, 0.29) is 23.0 Å². The van der Waals surface area contributed by atoms with Crippen LogP contribution in [-0.2, 0) is 14.0 Å². The molecule has 0 saturated heterocycles. The van der Waals surface area contributed by atoms with E-state index in [1.54, 1.807) is 13.0 Å². The molecular weight excluding hydrogens is 352 g/mol. The third-order valence-corrected chi connectivity index (χ3v) is 9.45. The van der Waals surface area contributed by atoms with Gasteiger partial charge in [0.05, 0.1) is 12.7 Å². The molecule has 0 fully saturated rings. The zero-order valence-electron chi connectivity index (χ0n) is 18.6. The number of esters is 1. The quantitative estimate of drug-likeness (QED) is 0.172. The fraction of sp³-hybridized carbons (Fsp3) is 0.609. The van der Waals surface area contributed by atoms with E-state index in [4.69, 9.17) is 9.16 Å². The largest absolute Gasteiger partial charge is 0.463 e. The number of hydrogen-bond acceptors (Lipinski definition) is 3. The van der Waals surface area contributed by atoms with E-state index in [1.165, 1.54) is 6.08 Å². The molecule has 0 aromatic carbocycles. The molecule has 0 aliphatic heterocycles. The molecule has 0 unspecified atom stereocenters.